The van der Waals surface area contributed by atoms with E-state index in [1.54, 1.807) is 30.3 Å². The van der Waals surface area contributed by atoms with E-state index in [2.05, 4.69) is 5.10 Å². The van der Waals surface area contributed by atoms with Crippen LogP contribution in [0.15, 0.2) is 53.4 Å². The van der Waals surface area contributed by atoms with Gasteiger partial charge >= 0.3 is 6.18 Å². The average molecular weight is 430 g/mol. The first kappa shape index (κ1) is 20.2. The summed E-state index contributed by atoms with van der Waals surface area (Å²) >= 11 is 5.64. The van der Waals surface area contributed by atoms with E-state index in [4.69, 9.17) is 11.6 Å². The quantitative estimate of drug-likeness (QED) is 0.637. The molecule has 0 spiro atoms. The number of alkyl halides is 3. The third-order valence-corrected chi connectivity index (χ3v) is 5.88. The monoisotopic (exact) mass is 429 g/mol. The van der Waals surface area contributed by atoms with Crippen LogP contribution in [0.4, 0.5) is 18.9 Å². The van der Waals surface area contributed by atoms with Crippen LogP contribution in [0.3, 0.4) is 0 Å². The van der Waals surface area contributed by atoms with Gasteiger partial charge in [0.1, 0.15) is 4.90 Å². The summed E-state index contributed by atoms with van der Waals surface area (Å²) in [6, 6.07) is 11.6. The van der Waals surface area contributed by atoms with E-state index in [-0.39, 0.29) is 21.3 Å². The summed E-state index contributed by atoms with van der Waals surface area (Å²) in [5.74, 6) is 0. The number of anilines is 1. The second-order valence-corrected chi connectivity index (χ2v) is 8.10. The number of halogens is 4. The zero-order chi connectivity index (χ0) is 20.7. The fourth-order valence-electron chi connectivity index (χ4n) is 2.87. The van der Waals surface area contributed by atoms with Gasteiger partial charge in [-0.1, -0.05) is 29.8 Å². The summed E-state index contributed by atoms with van der Waals surface area (Å²) in [6.07, 6.45) is -4.78. The maximum absolute atomic E-state index is 13.3. The molecule has 0 saturated heterocycles. The van der Waals surface area contributed by atoms with Crippen LogP contribution in [0.1, 0.15) is 17.0 Å². The molecule has 2 aromatic carbocycles. The molecule has 0 radical (unpaired) electrons. The third kappa shape index (κ3) is 3.85. The summed E-state index contributed by atoms with van der Waals surface area (Å²) in [4.78, 5) is -0.181. The lowest BCUT2D eigenvalue weighted by Gasteiger charge is -2.15. The second kappa shape index (κ2) is 7.14. The number of hydrogen-bond donors (Lipinski definition) is 1. The van der Waals surface area contributed by atoms with E-state index in [1.165, 1.54) is 24.6 Å². The number of aromatic nitrogens is 2. The molecule has 1 heterocycles. The molecule has 5 nitrogen and oxygen atoms in total. The Labute approximate surface area is 164 Å². The summed E-state index contributed by atoms with van der Waals surface area (Å²) in [5, 5.41) is 4.07. The van der Waals surface area contributed by atoms with Crippen LogP contribution in [-0.4, -0.2) is 18.2 Å². The Morgan fingerprint density at radius 2 is 1.71 bits per heavy atom. The van der Waals surface area contributed by atoms with E-state index in [0.29, 0.717) is 11.8 Å². The molecule has 3 aromatic rings. The molecule has 0 aliphatic heterocycles. The molecule has 10 heteroatoms. The molecule has 148 valence electrons. The minimum Gasteiger partial charge on any atom is -0.279 e. The number of sulfonamides is 1. The molecule has 0 aliphatic carbocycles. The molecular weight excluding hydrogens is 415 g/mol. The lowest BCUT2D eigenvalue weighted by molar-refractivity contribution is -0.136. The fourth-order valence-corrected chi connectivity index (χ4v) is 4.52. The first-order valence-corrected chi connectivity index (χ1v) is 9.88. The van der Waals surface area contributed by atoms with Crippen molar-refractivity contribution in [2.24, 2.45) is 0 Å². The Morgan fingerprint density at radius 3 is 2.32 bits per heavy atom. The highest BCUT2D eigenvalue weighted by Crippen LogP contribution is 2.37. The molecule has 0 bridgehead atoms. The highest BCUT2D eigenvalue weighted by atomic mass is 35.5. The minimum atomic E-state index is -4.78. The fraction of sp³-hybridized carbons (Fsp3) is 0.167. The number of hydrogen-bond acceptors (Lipinski definition) is 3. The first-order valence-electron chi connectivity index (χ1n) is 8.02. The Kier molecular flexibility index (Phi) is 5.16. The van der Waals surface area contributed by atoms with E-state index < -0.39 is 27.5 Å². The van der Waals surface area contributed by atoms with Crippen molar-refractivity contribution in [3.05, 3.63) is 70.5 Å². The van der Waals surface area contributed by atoms with Crippen LogP contribution in [-0.2, 0) is 16.2 Å². The summed E-state index contributed by atoms with van der Waals surface area (Å²) in [5.41, 5.74) is -0.709. The van der Waals surface area contributed by atoms with Crippen LogP contribution >= 0.6 is 11.6 Å². The van der Waals surface area contributed by atoms with Crippen LogP contribution < -0.4 is 4.72 Å². The minimum absolute atomic E-state index is 0.153. The molecule has 28 heavy (non-hydrogen) atoms. The molecule has 3 rings (SSSR count). The zero-order valence-corrected chi connectivity index (χ0v) is 16.3. The topological polar surface area (TPSA) is 64.0 Å². The van der Waals surface area contributed by atoms with Crippen LogP contribution in [0.5, 0.6) is 0 Å². The van der Waals surface area contributed by atoms with Crippen molar-refractivity contribution >= 4 is 27.3 Å². The molecule has 0 unspecified atom stereocenters. The maximum atomic E-state index is 13.3. The Hall–Kier alpha value is -2.52. The van der Waals surface area contributed by atoms with Gasteiger partial charge in [0.2, 0.25) is 0 Å². The van der Waals surface area contributed by atoms with E-state index in [0.717, 1.165) is 6.07 Å². The number of nitrogens with zero attached hydrogens (tertiary/aromatic N) is 2. The summed E-state index contributed by atoms with van der Waals surface area (Å²) < 4.78 is 69.1. The van der Waals surface area contributed by atoms with Gasteiger partial charge in [-0.15, -0.1) is 0 Å². The van der Waals surface area contributed by atoms with Crippen molar-refractivity contribution in [2.45, 2.75) is 24.9 Å². The van der Waals surface area contributed by atoms with Crippen LogP contribution in [0, 0.1) is 13.8 Å². The molecule has 0 aliphatic rings. The normalized spacial score (nSPS) is 12.2. The summed E-state index contributed by atoms with van der Waals surface area (Å²) in [6.45, 7) is 3.02. The third-order valence-electron chi connectivity index (χ3n) is 4.03. The van der Waals surface area contributed by atoms with Crippen molar-refractivity contribution in [2.75, 3.05) is 4.72 Å². The number of aryl methyl sites for hydroxylation is 1. The first-order chi connectivity index (χ1) is 13.0. The van der Waals surface area contributed by atoms with Gasteiger partial charge in [0.25, 0.3) is 10.0 Å². The van der Waals surface area contributed by atoms with Crippen LogP contribution in [0.2, 0.25) is 5.02 Å². The molecular formula is C18H15ClF3N3O2S. The SMILES string of the molecule is Cc1nn(-c2ccccc2)c(C)c1S(=O)(=O)Nc1ccc(Cl)cc1C(F)(F)F. The van der Waals surface area contributed by atoms with E-state index in [9.17, 15) is 21.6 Å². The van der Waals surface area contributed by atoms with Gasteiger partial charge < -0.3 is 0 Å². The van der Waals surface area contributed by atoms with E-state index >= 15 is 0 Å². The standard InChI is InChI=1S/C18H15ClF3N3O2S/c1-11-17(12(2)25(23-11)14-6-4-3-5-7-14)28(26,27)24-16-9-8-13(19)10-15(16)18(20,21)22/h3-10,24H,1-2H3. The molecule has 1 N–H and O–H groups in total. The molecule has 1 aromatic heterocycles. The molecule has 0 amide bonds. The van der Waals surface area contributed by atoms with Gasteiger partial charge in [0.15, 0.2) is 0 Å². The largest absolute Gasteiger partial charge is 0.418 e. The smallest absolute Gasteiger partial charge is 0.279 e. The number of nitrogens with one attached hydrogen (secondary N) is 1. The number of para-hydroxylation sites is 1. The average Bonchev–Trinajstić information content (AvgIpc) is 2.91. The number of benzene rings is 2. The van der Waals surface area contributed by atoms with Gasteiger partial charge in [0.05, 0.1) is 28.3 Å². The predicted molar refractivity (Wildman–Crippen MR) is 100 cm³/mol. The van der Waals surface area contributed by atoms with Crippen molar-refractivity contribution in [1.82, 2.24) is 9.78 Å². The maximum Gasteiger partial charge on any atom is 0.418 e. The van der Waals surface area contributed by atoms with Crippen molar-refractivity contribution < 1.29 is 21.6 Å². The number of rotatable bonds is 4. The lowest BCUT2D eigenvalue weighted by atomic mass is 10.2. The highest BCUT2D eigenvalue weighted by Gasteiger charge is 2.35. The van der Waals surface area contributed by atoms with E-state index in [1.807, 2.05) is 4.72 Å². The van der Waals surface area contributed by atoms with Gasteiger partial charge in [0, 0.05) is 5.02 Å². The second-order valence-electron chi connectivity index (χ2n) is 6.04. The van der Waals surface area contributed by atoms with Gasteiger partial charge in [-0.3, -0.25) is 4.72 Å². The highest BCUT2D eigenvalue weighted by molar-refractivity contribution is 7.92. The van der Waals surface area contributed by atoms with Gasteiger partial charge in [-0.2, -0.15) is 18.3 Å². The van der Waals surface area contributed by atoms with Gasteiger partial charge in [-0.05, 0) is 44.2 Å². The lowest BCUT2D eigenvalue weighted by Crippen LogP contribution is -2.18. The molecule has 0 fully saturated rings. The molecule has 0 atom stereocenters. The van der Waals surface area contributed by atoms with Crippen molar-refractivity contribution in [3.8, 4) is 5.69 Å². The Balaban J connectivity index is 2.08. The zero-order valence-electron chi connectivity index (χ0n) is 14.7. The van der Waals surface area contributed by atoms with Gasteiger partial charge in [-0.25, -0.2) is 13.1 Å². The molecule has 0 saturated carbocycles. The Bertz CT molecular complexity index is 1130. The van der Waals surface area contributed by atoms with Crippen LogP contribution in [0.25, 0.3) is 5.69 Å². The summed E-state index contributed by atoms with van der Waals surface area (Å²) in [7, 11) is -4.33. The Morgan fingerprint density at radius 1 is 1.07 bits per heavy atom. The van der Waals surface area contributed by atoms with Crippen molar-refractivity contribution in [1.29, 1.82) is 0 Å². The van der Waals surface area contributed by atoms with Crippen molar-refractivity contribution in [3.63, 3.8) is 0 Å². The predicted octanol–water partition coefficient (Wildman–Crippen LogP) is 4.96.